The highest BCUT2D eigenvalue weighted by atomic mass is 19.1. The second-order valence-electron chi connectivity index (χ2n) is 6.88. The fourth-order valence-electron chi connectivity index (χ4n) is 3.13. The molecule has 3 rings (SSSR count). The van der Waals surface area contributed by atoms with E-state index in [9.17, 15) is 4.39 Å². The first-order valence-electron chi connectivity index (χ1n) is 8.51. The average Bonchev–Trinajstić information content (AvgIpc) is 2.57. The molecule has 1 heterocycles. The smallest absolute Gasteiger partial charge is 0.169 e. The molecule has 0 saturated carbocycles. The van der Waals surface area contributed by atoms with E-state index >= 15 is 0 Å². The summed E-state index contributed by atoms with van der Waals surface area (Å²) in [4.78, 5) is 10.5. The van der Waals surface area contributed by atoms with Gasteiger partial charge in [-0.2, -0.15) is 4.89 Å². The van der Waals surface area contributed by atoms with Gasteiger partial charge in [-0.3, -0.25) is 0 Å². The molecule has 1 atom stereocenters. The van der Waals surface area contributed by atoms with Gasteiger partial charge in [-0.05, 0) is 51.1 Å². The van der Waals surface area contributed by atoms with Crippen LogP contribution in [0.15, 0.2) is 42.5 Å². The van der Waals surface area contributed by atoms with Crippen LogP contribution in [0.5, 0.6) is 11.5 Å². The lowest BCUT2D eigenvalue weighted by atomic mass is 9.80. The number of nitrogens with one attached hydrogen (secondary N) is 1. The summed E-state index contributed by atoms with van der Waals surface area (Å²) >= 11 is 0. The fraction of sp³-hybridized carbons (Fsp3) is 0.400. The number of likely N-dealkylation sites (N-methyl/N-ethyl adjacent to an activating group) is 1. The number of hydrogen-bond acceptors (Lipinski definition) is 4. The van der Waals surface area contributed by atoms with Crippen LogP contribution in [0.4, 0.5) is 4.39 Å². The van der Waals surface area contributed by atoms with E-state index in [-0.39, 0.29) is 17.3 Å². The Morgan fingerprint density at radius 3 is 2.68 bits per heavy atom. The van der Waals surface area contributed by atoms with Crippen LogP contribution in [0.25, 0.3) is 0 Å². The largest absolute Gasteiger partial charge is 0.487 e. The molecule has 0 radical (unpaired) electrons. The van der Waals surface area contributed by atoms with Crippen molar-refractivity contribution < 1.29 is 18.9 Å². The van der Waals surface area contributed by atoms with E-state index in [2.05, 4.69) is 19.2 Å². The molecule has 1 aliphatic rings. The molecule has 0 saturated heterocycles. The lowest BCUT2D eigenvalue weighted by molar-refractivity contribution is -0.204. The first kappa shape index (κ1) is 17.7. The molecule has 134 valence electrons. The van der Waals surface area contributed by atoms with Crippen LogP contribution in [0.2, 0.25) is 0 Å². The minimum absolute atomic E-state index is 0.151. The van der Waals surface area contributed by atoms with Crippen LogP contribution >= 0.6 is 0 Å². The second-order valence-corrected chi connectivity index (χ2v) is 6.88. The molecule has 0 fully saturated rings. The van der Waals surface area contributed by atoms with Gasteiger partial charge in [0.2, 0.25) is 0 Å². The molecule has 1 aliphatic heterocycles. The fourth-order valence-corrected chi connectivity index (χ4v) is 3.13. The van der Waals surface area contributed by atoms with Gasteiger partial charge < -0.3 is 14.9 Å². The first-order chi connectivity index (χ1) is 12.0. The van der Waals surface area contributed by atoms with E-state index in [0.29, 0.717) is 18.9 Å². The number of benzene rings is 2. The molecular weight excluding hydrogens is 321 g/mol. The van der Waals surface area contributed by atoms with Crippen molar-refractivity contribution in [1.29, 1.82) is 0 Å². The molecule has 0 spiro atoms. The van der Waals surface area contributed by atoms with E-state index in [1.165, 1.54) is 12.1 Å². The van der Waals surface area contributed by atoms with Gasteiger partial charge in [-0.1, -0.05) is 18.2 Å². The standard InChI is InChI=1S/C20H24FNO3/c1-20(2)13-18(14-4-6-15(21)7-5-14)17-9-8-16(12-19(17)24-20)25-23-11-10-22-3/h4-9,12,18,22H,10-11,13H2,1-3H3. The number of halogens is 1. The molecule has 0 aromatic heterocycles. The summed E-state index contributed by atoms with van der Waals surface area (Å²) in [6, 6.07) is 12.4. The van der Waals surface area contributed by atoms with Crippen molar-refractivity contribution in [2.45, 2.75) is 31.8 Å². The molecule has 25 heavy (non-hydrogen) atoms. The van der Waals surface area contributed by atoms with Gasteiger partial charge in [0, 0.05) is 24.1 Å². The Hall–Kier alpha value is -2.11. The van der Waals surface area contributed by atoms with Crippen molar-refractivity contribution in [2.75, 3.05) is 20.2 Å². The third kappa shape index (κ3) is 4.30. The Balaban J connectivity index is 1.85. The van der Waals surface area contributed by atoms with Gasteiger partial charge in [0.25, 0.3) is 0 Å². The molecule has 1 N–H and O–H groups in total. The summed E-state index contributed by atoms with van der Waals surface area (Å²) in [6.45, 7) is 5.28. The van der Waals surface area contributed by atoms with Crippen LogP contribution in [-0.2, 0) is 4.89 Å². The minimum Gasteiger partial charge on any atom is -0.487 e. The Bertz CT molecular complexity index is 715. The summed E-state index contributed by atoms with van der Waals surface area (Å²) in [5.41, 5.74) is 1.84. The SMILES string of the molecule is CNCCOOc1ccc2c(c1)OC(C)(C)CC2c1ccc(F)cc1. The zero-order chi connectivity index (χ0) is 17.9. The van der Waals surface area contributed by atoms with E-state index in [4.69, 9.17) is 14.5 Å². The summed E-state index contributed by atoms with van der Waals surface area (Å²) in [5.74, 6) is 1.31. The first-order valence-corrected chi connectivity index (χ1v) is 8.51. The molecule has 2 aromatic carbocycles. The number of rotatable bonds is 6. The molecule has 0 aliphatic carbocycles. The normalized spacial score (nSPS) is 18.3. The molecule has 0 bridgehead atoms. The Kier molecular flexibility index (Phi) is 5.25. The summed E-state index contributed by atoms with van der Waals surface area (Å²) in [7, 11) is 1.85. The topological polar surface area (TPSA) is 39.7 Å². The highest BCUT2D eigenvalue weighted by Gasteiger charge is 2.34. The van der Waals surface area contributed by atoms with Crippen LogP contribution in [-0.4, -0.2) is 25.8 Å². The summed E-state index contributed by atoms with van der Waals surface area (Å²) < 4.78 is 19.4. The average molecular weight is 345 g/mol. The van der Waals surface area contributed by atoms with E-state index in [1.54, 1.807) is 0 Å². The third-order valence-corrected chi connectivity index (χ3v) is 4.31. The van der Waals surface area contributed by atoms with Crippen LogP contribution < -0.4 is 14.9 Å². The Morgan fingerprint density at radius 1 is 1.20 bits per heavy atom. The van der Waals surface area contributed by atoms with Crippen molar-refractivity contribution in [3.05, 3.63) is 59.4 Å². The monoisotopic (exact) mass is 345 g/mol. The van der Waals surface area contributed by atoms with Crippen LogP contribution in [0.1, 0.15) is 37.3 Å². The van der Waals surface area contributed by atoms with Crippen molar-refractivity contribution in [2.24, 2.45) is 0 Å². The molecular formula is C20H24FNO3. The predicted molar refractivity (Wildman–Crippen MR) is 94.5 cm³/mol. The molecule has 5 heteroatoms. The lowest BCUT2D eigenvalue weighted by Gasteiger charge is -2.38. The van der Waals surface area contributed by atoms with Crippen molar-refractivity contribution in [3.63, 3.8) is 0 Å². The maximum Gasteiger partial charge on any atom is 0.169 e. The maximum absolute atomic E-state index is 13.3. The molecule has 2 aromatic rings. The van der Waals surface area contributed by atoms with Crippen LogP contribution in [0, 0.1) is 5.82 Å². The Labute approximate surface area is 147 Å². The van der Waals surface area contributed by atoms with Gasteiger partial charge in [-0.15, -0.1) is 0 Å². The number of ether oxygens (including phenoxy) is 1. The van der Waals surface area contributed by atoms with Gasteiger partial charge in [0.15, 0.2) is 5.75 Å². The highest BCUT2D eigenvalue weighted by Crippen LogP contribution is 2.45. The number of fused-ring (bicyclic) bond motifs is 1. The summed E-state index contributed by atoms with van der Waals surface area (Å²) in [5, 5.41) is 2.99. The predicted octanol–water partition coefficient (Wildman–Crippen LogP) is 4.05. The quantitative estimate of drug-likeness (QED) is 0.487. The maximum atomic E-state index is 13.3. The van der Waals surface area contributed by atoms with Crippen molar-refractivity contribution in [3.8, 4) is 11.5 Å². The van der Waals surface area contributed by atoms with E-state index < -0.39 is 0 Å². The molecule has 4 nitrogen and oxygen atoms in total. The molecule has 0 amide bonds. The van der Waals surface area contributed by atoms with Gasteiger partial charge in [0.1, 0.15) is 23.8 Å². The Morgan fingerprint density at radius 2 is 1.96 bits per heavy atom. The highest BCUT2D eigenvalue weighted by molar-refractivity contribution is 5.48. The number of hydrogen-bond donors (Lipinski definition) is 1. The second kappa shape index (κ2) is 7.42. The zero-order valence-corrected chi connectivity index (χ0v) is 14.8. The van der Waals surface area contributed by atoms with Crippen molar-refractivity contribution >= 4 is 0 Å². The van der Waals surface area contributed by atoms with Gasteiger partial charge >= 0.3 is 0 Å². The third-order valence-electron chi connectivity index (χ3n) is 4.31. The van der Waals surface area contributed by atoms with Gasteiger partial charge in [0.05, 0.1) is 0 Å². The van der Waals surface area contributed by atoms with Crippen LogP contribution in [0.3, 0.4) is 0 Å². The zero-order valence-electron chi connectivity index (χ0n) is 14.8. The minimum atomic E-state index is -0.322. The van der Waals surface area contributed by atoms with E-state index in [0.717, 1.165) is 23.3 Å². The summed E-state index contributed by atoms with van der Waals surface area (Å²) in [6.07, 6.45) is 0.824. The van der Waals surface area contributed by atoms with Gasteiger partial charge in [-0.25, -0.2) is 4.39 Å². The van der Waals surface area contributed by atoms with E-state index in [1.807, 2.05) is 37.4 Å². The lowest BCUT2D eigenvalue weighted by Crippen LogP contribution is -2.35. The van der Waals surface area contributed by atoms with Crippen molar-refractivity contribution in [1.82, 2.24) is 5.32 Å². The molecule has 1 unspecified atom stereocenters.